The topological polar surface area (TPSA) is 107 Å². The monoisotopic (exact) mass is 253 g/mol. The Hall–Kier alpha value is -1.96. The van der Waals surface area contributed by atoms with Crippen LogP contribution in [0.2, 0.25) is 0 Å². The molecule has 0 aromatic carbocycles. The van der Waals surface area contributed by atoms with Gasteiger partial charge in [-0.3, -0.25) is 10.1 Å². The summed E-state index contributed by atoms with van der Waals surface area (Å²) in [5.74, 6) is 0.304. The van der Waals surface area contributed by atoms with E-state index in [9.17, 15) is 10.1 Å². The molecule has 8 nitrogen and oxygen atoms in total. The van der Waals surface area contributed by atoms with Gasteiger partial charge in [0.25, 0.3) is 0 Å². The quantitative estimate of drug-likeness (QED) is 0.606. The predicted molar refractivity (Wildman–Crippen MR) is 65.3 cm³/mol. The SMILES string of the molecule is CC1CN(c2nc(N)ncc2[N+](=O)[O-])CCCO1. The van der Waals surface area contributed by atoms with Crippen LogP contribution in [0.25, 0.3) is 0 Å². The number of aromatic nitrogens is 2. The molecule has 0 aliphatic carbocycles. The highest BCUT2D eigenvalue weighted by molar-refractivity contribution is 5.58. The number of rotatable bonds is 2. The molecule has 0 saturated carbocycles. The Morgan fingerprint density at radius 2 is 2.44 bits per heavy atom. The Morgan fingerprint density at radius 3 is 3.17 bits per heavy atom. The van der Waals surface area contributed by atoms with Crippen molar-refractivity contribution in [2.75, 3.05) is 30.3 Å². The molecule has 1 fully saturated rings. The maximum Gasteiger partial charge on any atom is 0.329 e. The minimum Gasteiger partial charge on any atom is -0.377 e. The fraction of sp³-hybridized carbons (Fsp3) is 0.600. The Kier molecular flexibility index (Phi) is 3.56. The molecule has 1 aromatic rings. The van der Waals surface area contributed by atoms with Gasteiger partial charge in [0.1, 0.15) is 6.20 Å². The zero-order valence-corrected chi connectivity index (χ0v) is 10.1. The minimum atomic E-state index is -0.495. The molecule has 2 rings (SSSR count). The highest BCUT2D eigenvalue weighted by Crippen LogP contribution is 2.26. The van der Waals surface area contributed by atoms with E-state index in [1.165, 1.54) is 0 Å². The van der Waals surface area contributed by atoms with Crippen LogP contribution in [0.15, 0.2) is 6.20 Å². The van der Waals surface area contributed by atoms with E-state index in [1.54, 1.807) is 0 Å². The van der Waals surface area contributed by atoms with Gasteiger partial charge < -0.3 is 15.4 Å². The second kappa shape index (κ2) is 5.13. The lowest BCUT2D eigenvalue weighted by molar-refractivity contribution is -0.384. The summed E-state index contributed by atoms with van der Waals surface area (Å²) in [6.07, 6.45) is 1.95. The minimum absolute atomic E-state index is 0.00305. The van der Waals surface area contributed by atoms with E-state index in [0.717, 1.165) is 12.6 Å². The van der Waals surface area contributed by atoms with Gasteiger partial charge in [-0.25, -0.2) is 4.98 Å². The van der Waals surface area contributed by atoms with Gasteiger partial charge in [-0.15, -0.1) is 0 Å². The molecule has 2 heterocycles. The second-order valence-corrected chi connectivity index (χ2v) is 4.18. The third-order valence-electron chi connectivity index (χ3n) is 2.72. The highest BCUT2D eigenvalue weighted by atomic mass is 16.6. The van der Waals surface area contributed by atoms with Gasteiger partial charge in [0, 0.05) is 19.7 Å². The summed E-state index contributed by atoms with van der Waals surface area (Å²) < 4.78 is 5.50. The molecule has 8 heteroatoms. The molecule has 1 unspecified atom stereocenters. The Bertz CT molecular complexity index is 453. The fourth-order valence-electron chi connectivity index (χ4n) is 1.93. The summed E-state index contributed by atoms with van der Waals surface area (Å²) in [5, 5.41) is 11.0. The zero-order chi connectivity index (χ0) is 13.1. The third kappa shape index (κ3) is 2.65. The average molecular weight is 253 g/mol. The number of nitrogens with two attached hydrogens (primary N) is 1. The summed E-state index contributed by atoms with van der Waals surface area (Å²) in [5.41, 5.74) is 5.38. The number of nitro groups is 1. The fourth-order valence-corrected chi connectivity index (χ4v) is 1.93. The Labute approximate surface area is 104 Å². The van der Waals surface area contributed by atoms with Crippen molar-refractivity contribution in [3.8, 4) is 0 Å². The van der Waals surface area contributed by atoms with Crippen molar-refractivity contribution in [2.45, 2.75) is 19.4 Å². The number of ether oxygens (including phenoxy) is 1. The molecule has 0 bridgehead atoms. The summed E-state index contributed by atoms with van der Waals surface area (Å²) in [6, 6.07) is 0. The van der Waals surface area contributed by atoms with Crippen molar-refractivity contribution in [1.82, 2.24) is 9.97 Å². The first kappa shape index (κ1) is 12.5. The summed E-state index contributed by atoms with van der Waals surface area (Å²) >= 11 is 0. The normalized spacial score (nSPS) is 20.5. The largest absolute Gasteiger partial charge is 0.377 e. The third-order valence-corrected chi connectivity index (χ3v) is 2.72. The molecule has 18 heavy (non-hydrogen) atoms. The van der Waals surface area contributed by atoms with E-state index in [4.69, 9.17) is 10.5 Å². The molecule has 0 spiro atoms. The van der Waals surface area contributed by atoms with Crippen LogP contribution in [0.3, 0.4) is 0 Å². The summed E-state index contributed by atoms with van der Waals surface area (Å²) in [7, 11) is 0. The van der Waals surface area contributed by atoms with Gasteiger partial charge in [0.15, 0.2) is 0 Å². The summed E-state index contributed by atoms with van der Waals surface area (Å²) in [4.78, 5) is 20.0. The molecule has 1 aromatic heterocycles. The molecule has 1 saturated heterocycles. The van der Waals surface area contributed by atoms with Gasteiger partial charge >= 0.3 is 5.69 Å². The van der Waals surface area contributed by atoms with Gasteiger partial charge in [-0.05, 0) is 13.3 Å². The van der Waals surface area contributed by atoms with Crippen molar-refractivity contribution < 1.29 is 9.66 Å². The summed E-state index contributed by atoms with van der Waals surface area (Å²) in [6.45, 7) is 3.78. The van der Waals surface area contributed by atoms with Crippen LogP contribution in [0.4, 0.5) is 17.5 Å². The van der Waals surface area contributed by atoms with Gasteiger partial charge in [-0.2, -0.15) is 4.98 Å². The van der Waals surface area contributed by atoms with E-state index < -0.39 is 4.92 Å². The zero-order valence-electron chi connectivity index (χ0n) is 10.1. The van der Waals surface area contributed by atoms with Crippen molar-refractivity contribution in [3.63, 3.8) is 0 Å². The van der Waals surface area contributed by atoms with Gasteiger partial charge in [-0.1, -0.05) is 0 Å². The highest BCUT2D eigenvalue weighted by Gasteiger charge is 2.25. The van der Waals surface area contributed by atoms with Crippen LogP contribution >= 0.6 is 0 Å². The Morgan fingerprint density at radius 1 is 1.67 bits per heavy atom. The number of anilines is 2. The lowest BCUT2D eigenvalue weighted by atomic mass is 10.3. The van der Waals surface area contributed by atoms with Gasteiger partial charge in [0.2, 0.25) is 11.8 Å². The molecule has 1 atom stereocenters. The first-order valence-electron chi connectivity index (χ1n) is 5.71. The first-order valence-corrected chi connectivity index (χ1v) is 5.71. The van der Waals surface area contributed by atoms with E-state index >= 15 is 0 Å². The van der Waals surface area contributed by atoms with Crippen LogP contribution in [0.5, 0.6) is 0 Å². The number of nitrogen functional groups attached to an aromatic ring is 1. The number of nitrogens with zero attached hydrogens (tertiary/aromatic N) is 4. The van der Waals surface area contributed by atoms with Gasteiger partial charge in [0.05, 0.1) is 11.0 Å². The maximum atomic E-state index is 11.0. The lowest BCUT2D eigenvalue weighted by Gasteiger charge is -2.22. The predicted octanol–water partition coefficient (Wildman–Crippen LogP) is 0.582. The molecule has 1 aliphatic rings. The van der Waals surface area contributed by atoms with Crippen molar-refractivity contribution in [2.24, 2.45) is 0 Å². The average Bonchev–Trinajstić information content (AvgIpc) is 2.53. The molecular formula is C10H15N5O3. The maximum absolute atomic E-state index is 11.0. The molecule has 2 N–H and O–H groups in total. The molecule has 98 valence electrons. The number of hydrogen-bond donors (Lipinski definition) is 1. The van der Waals surface area contributed by atoms with Crippen molar-refractivity contribution in [3.05, 3.63) is 16.3 Å². The van der Waals surface area contributed by atoms with E-state index in [0.29, 0.717) is 19.7 Å². The van der Waals surface area contributed by atoms with Crippen LogP contribution in [-0.2, 0) is 4.74 Å². The van der Waals surface area contributed by atoms with E-state index in [-0.39, 0.29) is 23.6 Å². The molecule has 1 aliphatic heterocycles. The number of hydrogen-bond acceptors (Lipinski definition) is 7. The van der Waals surface area contributed by atoms with Crippen LogP contribution in [0, 0.1) is 10.1 Å². The van der Waals surface area contributed by atoms with Crippen LogP contribution < -0.4 is 10.6 Å². The standard InChI is InChI=1S/C10H15N5O3/c1-7-6-14(3-2-4-18-7)9-8(15(16)17)5-12-10(11)13-9/h5,7H,2-4,6H2,1H3,(H2,11,12,13). The molecular weight excluding hydrogens is 238 g/mol. The van der Waals surface area contributed by atoms with Crippen LogP contribution in [0.1, 0.15) is 13.3 Å². The van der Waals surface area contributed by atoms with Crippen molar-refractivity contribution in [1.29, 1.82) is 0 Å². The molecule has 0 amide bonds. The first-order chi connectivity index (χ1) is 8.58. The second-order valence-electron chi connectivity index (χ2n) is 4.18. The lowest BCUT2D eigenvalue weighted by Crippen LogP contribution is -2.31. The van der Waals surface area contributed by atoms with Crippen LogP contribution in [-0.4, -0.2) is 40.7 Å². The van der Waals surface area contributed by atoms with Crippen molar-refractivity contribution >= 4 is 17.5 Å². The van der Waals surface area contributed by atoms with E-state index in [1.807, 2.05) is 11.8 Å². The molecule has 0 radical (unpaired) electrons. The smallest absolute Gasteiger partial charge is 0.329 e. The van der Waals surface area contributed by atoms with E-state index in [2.05, 4.69) is 9.97 Å². The Balaban J connectivity index is 2.35.